The number of methoxy groups -OCH3 is 1. The van der Waals surface area contributed by atoms with Crippen LogP contribution in [0.25, 0.3) is 0 Å². The van der Waals surface area contributed by atoms with Gasteiger partial charge in [0.2, 0.25) is 0 Å². The summed E-state index contributed by atoms with van der Waals surface area (Å²) in [7, 11) is 1.05. The summed E-state index contributed by atoms with van der Waals surface area (Å²) in [5.41, 5.74) is -1.46. The molecule has 9 heteroatoms. The molecular weight excluding hydrogens is 360 g/mol. The molecule has 0 spiro atoms. The summed E-state index contributed by atoms with van der Waals surface area (Å²) in [5.74, 6) is -2.81. The zero-order valence-electron chi connectivity index (χ0n) is 14.6. The smallest absolute Gasteiger partial charge is 0.340 e. The van der Waals surface area contributed by atoms with Crippen LogP contribution in [-0.4, -0.2) is 24.5 Å². The molecule has 0 fully saturated rings. The van der Waals surface area contributed by atoms with Gasteiger partial charge in [0.05, 0.1) is 29.0 Å². The molecular formula is C18H17F2N3O4. The third-order valence-electron chi connectivity index (χ3n) is 3.65. The van der Waals surface area contributed by atoms with Crippen LogP contribution in [0.1, 0.15) is 15.9 Å². The van der Waals surface area contributed by atoms with E-state index >= 15 is 4.39 Å². The average molecular weight is 377 g/mol. The molecule has 2 aromatic carbocycles. The predicted octanol–water partition coefficient (Wildman–Crippen LogP) is 4.31. The number of carbonyl (C=O) groups excluding carboxylic acids is 1. The Balaban J connectivity index is 2.69. The number of nitrogens with one attached hydrogen (secondary N) is 2. The van der Waals surface area contributed by atoms with E-state index in [1.54, 1.807) is 13.0 Å². The Morgan fingerprint density at radius 1 is 1.33 bits per heavy atom. The SMILES string of the molecule is C=CCNc1c([N+](=O)[O-])cc(C(=O)OC)c(Nc2ccc(C)cc2F)c1F. The number of aryl methyl sites for hydroxylation is 1. The van der Waals surface area contributed by atoms with E-state index in [9.17, 15) is 19.3 Å². The van der Waals surface area contributed by atoms with Crippen LogP contribution in [-0.2, 0) is 4.74 Å². The number of nitro benzene ring substituents is 1. The van der Waals surface area contributed by atoms with Gasteiger partial charge in [0, 0.05) is 12.6 Å². The van der Waals surface area contributed by atoms with Crippen molar-refractivity contribution in [1.82, 2.24) is 0 Å². The zero-order chi connectivity index (χ0) is 20.1. The minimum atomic E-state index is -1.12. The Bertz CT molecular complexity index is 916. The summed E-state index contributed by atoms with van der Waals surface area (Å²) < 4.78 is 33.8. The van der Waals surface area contributed by atoms with Crippen molar-refractivity contribution in [1.29, 1.82) is 0 Å². The van der Waals surface area contributed by atoms with E-state index in [0.717, 1.165) is 13.2 Å². The fourth-order valence-corrected chi connectivity index (χ4v) is 2.37. The third kappa shape index (κ3) is 4.20. The minimum Gasteiger partial charge on any atom is -0.465 e. The third-order valence-corrected chi connectivity index (χ3v) is 3.65. The molecule has 0 atom stereocenters. The van der Waals surface area contributed by atoms with E-state index in [2.05, 4.69) is 21.9 Å². The lowest BCUT2D eigenvalue weighted by Gasteiger charge is -2.16. The van der Waals surface area contributed by atoms with E-state index in [4.69, 9.17) is 0 Å². The molecule has 0 unspecified atom stereocenters. The molecule has 0 aliphatic rings. The highest BCUT2D eigenvalue weighted by Crippen LogP contribution is 2.37. The van der Waals surface area contributed by atoms with Crippen molar-refractivity contribution in [2.24, 2.45) is 0 Å². The van der Waals surface area contributed by atoms with Crippen molar-refractivity contribution in [3.63, 3.8) is 0 Å². The van der Waals surface area contributed by atoms with Gasteiger partial charge in [0.1, 0.15) is 5.82 Å². The van der Waals surface area contributed by atoms with Crippen LogP contribution < -0.4 is 10.6 Å². The van der Waals surface area contributed by atoms with Crippen LogP contribution in [0.2, 0.25) is 0 Å². The first-order valence-electron chi connectivity index (χ1n) is 7.77. The lowest BCUT2D eigenvalue weighted by atomic mass is 10.1. The van der Waals surface area contributed by atoms with Crippen LogP contribution in [0.15, 0.2) is 36.9 Å². The molecule has 27 heavy (non-hydrogen) atoms. The maximum absolute atomic E-state index is 15.1. The molecule has 0 saturated carbocycles. The first-order valence-corrected chi connectivity index (χ1v) is 7.77. The fourth-order valence-electron chi connectivity index (χ4n) is 2.37. The highest BCUT2D eigenvalue weighted by atomic mass is 19.1. The molecule has 0 saturated heterocycles. The van der Waals surface area contributed by atoms with Crippen LogP contribution in [0.4, 0.5) is 31.5 Å². The van der Waals surface area contributed by atoms with E-state index in [1.807, 2.05) is 0 Å². The fraction of sp³-hybridized carbons (Fsp3) is 0.167. The molecule has 7 nitrogen and oxygen atoms in total. The van der Waals surface area contributed by atoms with Gasteiger partial charge in [0.25, 0.3) is 5.69 Å². The molecule has 0 amide bonds. The minimum absolute atomic E-state index is 0.0354. The predicted molar refractivity (Wildman–Crippen MR) is 97.5 cm³/mol. The molecule has 2 aromatic rings. The van der Waals surface area contributed by atoms with Crippen molar-refractivity contribution in [3.8, 4) is 0 Å². The Labute approximate surface area is 153 Å². The molecule has 0 radical (unpaired) electrons. The van der Waals surface area contributed by atoms with Crippen LogP contribution in [0.3, 0.4) is 0 Å². The highest BCUT2D eigenvalue weighted by Gasteiger charge is 2.28. The van der Waals surface area contributed by atoms with Crippen molar-refractivity contribution in [3.05, 3.63) is 69.8 Å². The number of rotatable bonds is 7. The maximum Gasteiger partial charge on any atom is 0.340 e. The number of benzene rings is 2. The number of carbonyl (C=O) groups is 1. The topological polar surface area (TPSA) is 93.5 Å². The lowest BCUT2D eigenvalue weighted by Crippen LogP contribution is -2.13. The number of anilines is 3. The normalized spacial score (nSPS) is 10.2. The Morgan fingerprint density at radius 2 is 2.04 bits per heavy atom. The second-order valence-electron chi connectivity index (χ2n) is 5.53. The number of nitrogens with zero attached hydrogens (tertiary/aromatic N) is 1. The van der Waals surface area contributed by atoms with Crippen LogP contribution in [0.5, 0.6) is 0 Å². The van der Waals surface area contributed by atoms with Gasteiger partial charge in [-0.15, -0.1) is 6.58 Å². The van der Waals surface area contributed by atoms with Crippen molar-refractivity contribution in [2.45, 2.75) is 6.92 Å². The summed E-state index contributed by atoms with van der Waals surface area (Å²) in [5, 5.41) is 16.3. The molecule has 0 aliphatic heterocycles. The van der Waals surface area contributed by atoms with E-state index in [0.29, 0.717) is 5.56 Å². The van der Waals surface area contributed by atoms with Gasteiger partial charge >= 0.3 is 5.97 Å². The van der Waals surface area contributed by atoms with Crippen molar-refractivity contribution in [2.75, 3.05) is 24.3 Å². The summed E-state index contributed by atoms with van der Waals surface area (Å²) in [6.07, 6.45) is 1.38. The Kier molecular flexibility index (Phi) is 6.07. The van der Waals surface area contributed by atoms with E-state index < -0.39 is 45.2 Å². The second-order valence-corrected chi connectivity index (χ2v) is 5.53. The zero-order valence-corrected chi connectivity index (χ0v) is 14.6. The van der Waals surface area contributed by atoms with Crippen LogP contribution in [0, 0.1) is 28.7 Å². The maximum atomic E-state index is 15.1. The van der Waals surface area contributed by atoms with Crippen molar-refractivity contribution >= 4 is 28.7 Å². The van der Waals surface area contributed by atoms with Gasteiger partial charge in [-0.1, -0.05) is 12.1 Å². The second kappa shape index (κ2) is 8.26. The summed E-state index contributed by atoms with van der Waals surface area (Å²) in [6.45, 7) is 5.17. The molecule has 142 valence electrons. The molecule has 0 aromatic heterocycles. The quantitative estimate of drug-likeness (QED) is 0.323. The Hall–Kier alpha value is -3.49. The summed E-state index contributed by atoms with van der Waals surface area (Å²) >= 11 is 0. The van der Waals surface area contributed by atoms with Gasteiger partial charge in [-0.25, -0.2) is 13.6 Å². The number of ether oxygens (including phenoxy) is 1. The number of halogens is 2. The first kappa shape index (κ1) is 19.8. The lowest BCUT2D eigenvalue weighted by molar-refractivity contribution is -0.384. The van der Waals surface area contributed by atoms with Gasteiger partial charge in [0.15, 0.2) is 11.5 Å². The highest BCUT2D eigenvalue weighted by molar-refractivity contribution is 5.99. The van der Waals surface area contributed by atoms with Gasteiger partial charge in [-0.3, -0.25) is 10.1 Å². The van der Waals surface area contributed by atoms with Crippen molar-refractivity contribution < 1.29 is 23.2 Å². The largest absolute Gasteiger partial charge is 0.465 e. The molecule has 0 aliphatic carbocycles. The average Bonchev–Trinajstić information content (AvgIpc) is 2.63. The summed E-state index contributed by atoms with van der Waals surface area (Å²) in [4.78, 5) is 22.5. The van der Waals surface area contributed by atoms with Gasteiger partial charge in [-0.2, -0.15) is 0 Å². The molecule has 2 rings (SSSR count). The number of hydrogen-bond donors (Lipinski definition) is 2. The van der Waals surface area contributed by atoms with Crippen LogP contribution >= 0.6 is 0 Å². The molecule has 0 bridgehead atoms. The first-order chi connectivity index (χ1) is 12.8. The number of esters is 1. The molecule has 2 N–H and O–H groups in total. The number of nitro groups is 1. The van der Waals surface area contributed by atoms with Gasteiger partial charge in [-0.05, 0) is 24.6 Å². The molecule has 0 heterocycles. The standard InChI is InChI=1S/C18H17F2N3O4/c1-4-7-21-17-14(23(25)26)9-11(18(24)27-3)16(15(17)20)22-13-6-5-10(2)8-12(13)19/h4-6,8-9,21-22H,1,7H2,2-3H3. The number of hydrogen-bond acceptors (Lipinski definition) is 6. The van der Waals surface area contributed by atoms with E-state index in [1.165, 1.54) is 18.2 Å². The Morgan fingerprint density at radius 3 is 2.59 bits per heavy atom. The van der Waals surface area contributed by atoms with Gasteiger partial charge < -0.3 is 15.4 Å². The van der Waals surface area contributed by atoms with E-state index in [-0.39, 0.29) is 12.2 Å². The monoisotopic (exact) mass is 377 g/mol. The summed E-state index contributed by atoms with van der Waals surface area (Å²) in [6, 6.07) is 5.04.